The van der Waals surface area contributed by atoms with Gasteiger partial charge in [0.2, 0.25) is 5.82 Å². The van der Waals surface area contributed by atoms with Crippen LogP contribution in [0.4, 0.5) is 13.2 Å². The standard InChI is InChI=1S/C17H15F3O4/c18-13-6-7-14(19)17(16(13)20)24-10-9-23-12-4-1-11(2-5-12)3-8-15(21)22/h1-2,4-7H,3,8-10H2,(H,21,22). The van der Waals surface area contributed by atoms with E-state index in [-0.39, 0.29) is 19.6 Å². The van der Waals surface area contributed by atoms with E-state index in [0.29, 0.717) is 18.2 Å². The van der Waals surface area contributed by atoms with Crippen molar-refractivity contribution < 1.29 is 32.5 Å². The molecular formula is C17H15F3O4. The van der Waals surface area contributed by atoms with E-state index in [1.54, 1.807) is 24.3 Å². The first kappa shape index (κ1) is 17.7. The minimum atomic E-state index is -1.38. The second-order valence-electron chi connectivity index (χ2n) is 4.91. The molecule has 0 aliphatic carbocycles. The lowest BCUT2D eigenvalue weighted by Crippen LogP contribution is -2.11. The number of rotatable bonds is 8. The van der Waals surface area contributed by atoms with Crippen LogP contribution in [0.5, 0.6) is 11.5 Å². The number of benzene rings is 2. The Morgan fingerprint density at radius 3 is 2.21 bits per heavy atom. The van der Waals surface area contributed by atoms with Gasteiger partial charge < -0.3 is 14.6 Å². The predicted molar refractivity (Wildman–Crippen MR) is 79.7 cm³/mol. The smallest absolute Gasteiger partial charge is 0.303 e. The zero-order valence-electron chi connectivity index (χ0n) is 12.6. The van der Waals surface area contributed by atoms with Gasteiger partial charge >= 0.3 is 5.97 Å². The van der Waals surface area contributed by atoms with Crippen LogP contribution in [-0.2, 0) is 11.2 Å². The third-order valence-corrected chi connectivity index (χ3v) is 3.15. The molecule has 0 amide bonds. The zero-order chi connectivity index (χ0) is 17.5. The quantitative estimate of drug-likeness (QED) is 0.589. The summed E-state index contributed by atoms with van der Waals surface area (Å²) in [5.74, 6) is -4.71. The molecule has 0 aliphatic heterocycles. The summed E-state index contributed by atoms with van der Waals surface area (Å²) < 4.78 is 49.9. The van der Waals surface area contributed by atoms with E-state index in [4.69, 9.17) is 14.6 Å². The van der Waals surface area contributed by atoms with Crippen molar-refractivity contribution in [2.75, 3.05) is 13.2 Å². The molecule has 0 saturated heterocycles. The molecule has 0 atom stereocenters. The highest BCUT2D eigenvalue weighted by molar-refractivity contribution is 5.67. The molecule has 0 aromatic heterocycles. The van der Waals surface area contributed by atoms with E-state index >= 15 is 0 Å². The maximum Gasteiger partial charge on any atom is 0.303 e. The molecule has 0 aliphatic rings. The summed E-state index contributed by atoms with van der Waals surface area (Å²) in [4.78, 5) is 10.5. The number of carboxylic acids is 1. The molecule has 7 heteroatoms. The maximum absolute atomic E-state index is 13.4. The second kappa shape index (κ2) is 8.24. The molecule has 1 N–H and O–H groups in total. The molecule has 0 radical (unpaired) electrons. The topological polar surface area (TPSA) is 55.8 Å². The van der Waals surface area contributed by atoms with Crippen LogP contribution in [0.3, 0.4) is 0 Å². The largest absolute Gasteiger partial charge is 0.490 e. The van der Waals surface area contributed by atoms with E-state index < -0.39 is 29.2 Å². The number of carboxylic acid groups (broad SMARTS) is 1. The first-order chi connectivity index (χ1) is 11.5. The lowest BCUT2D eigenvalue weighted by Gasteiger charge is -2.10. The summed E-state index contributed by atoms with van der Waals surface area (Å²) >= 11 is 0. The third kappa shape index (κ3) is 4.91. The highest BCUT2D eigenvalue weighted by atomic mass is 19.2. The molecule has 0 heterocycles. The van der Waals surface area contributed by atoms with E-state index in [9.17, 15) is 18.0 Å². The van der Waals surface area contributed by atoms with Gasteiger partial charge in [0.25, 0.3) is 0 Å². The average molecular weight is 340 g/mol. The molecular weight excluding hydrogens is 325 g/mol. The zero-order valence-corrected chi connectivity index (χ0v) is 12.6. The van der Waals surface area contributed by atoms with Crippen LogP contribution in [0.1, 0.15) is 12.0 Å². The van der Waals surface area contributed by atoms with Gasteiger partial charge in [0.15, 0.2) is 17.4 Å². The normalized spacial score (nSPS) is 10.5. The molecule has 128 valence electrons. The summed E-state index contributed by atoms with van der Waals surface area (Å²) in [6.45, 7) is -0.165. The first-order valence-corrected chi connectivity index (χ1v) is 7.17. The van der Waals surface area contributed by atoms with Crippen LogP contribution in [0, 0.1) is 17.5 Å². The molecule has 0 fully saturated rings. The van der Waals surface area contributed by atoms with Crippen molar-refractivity contribution in [1.82, 2.24) is 0 Å². The predicted octanol–water partition coefficient (Wildman–Crippen LogP) is 3.58. The van der Waals surface area contributed by atoms with Crippen molar-refractivity contribution in [2.45, 2.75) is 12.8 Å². The fourth-order valence-electron chi connectivity index (χ4n) is 1.95. The number of ether oxygens (including phenoxy) is 2. The minimum Gasteiger partial charge on any atom is -0.490 e. The molecule has 0 bridgehead atoms. The van der Waals surface area contributed by atoms with E-state index in [1.165, 1.54) is 0 Å². The molecule has 0 spiro atoms. The van der Waals surface area contributed by atoms with Crippen LogP contribution >= 0.6 is 0 Å². The van der Waals surface area contributed by atoms with Crippen LogP contribution in [0.25, 0.3) is 0 Å². The van der Waals surface area contributed by atoms with Gasteiger partial charge in [-0.25, -0.2) is 8.78 Å². The molecule has 4 nitrogen and oxygen atoms in total. The first-order valence-electron chi connectivity index (χ1n) is 7.17. The van der Waals surface area contributed by atoms with E-state index in [0.717, 1.165) is 11.6 Å². The van der Waals surface area contributed by atoms with Crippen LogP contribution in [0.15, 0.2) is 36.4 Å². The molecule has 24 heavy (non-hydrogen) atoms. The van der Waals surface area contributed by atoms with Gasteiger partial charge in [0.05, 0.1) is 0 Å². The number of carbonyl (C=O) groups is 1. The Bertz CT molecular complexity index is 702. The molecule has 2 aromatic rings. The van der Waals surface area contributed by atoms with Gasteiger partial charge in [-0.2, -0.15) is 4.39 Å². The lowest BCUT2D eigenvalue weighted by atomic mass is 10.1. The Balaban J connectivity index is 1.80. The Hall–Kier alpha value is -2.70. The van der Waals surface area contributed by atoms with Crippen molar-refractivity contribution in [3.63, 3.8) is 0 Å². The number of aliphatic carboxylic acids is 1. The fourth-order valence-corrected chi connectivity index (χ4v) is 1.95. The Kier molecular flexibility index (Phi) is 6.06. The summed E-state index contributed by atoms with van der Waals surface area (Å²) in [6, 6.07) is 8.22. The maximum atomic E-state index is 13.4. The van der Waals surface area contributed by atoms with Gasteiger partial charge in [0, 0.05) is 6.42 Å². The molecule has 0 saturated carbocycles. The van der Waals surface area contributed by atoms with Gasteiger partial charge in [-0.15, -0.1) is 0 Å². The average Bonchev–Trinajstić information content (AvgIpc) is 2.57. The SMILES string of the molecule is O=C(O)CCc1ccc(OCCOc2c(F)ccc(F)c2F)cc1. The number of hydrogen-bond donors (Lipinski definition) is 1. The molecule has 0 unspecified atom stereocenters. The van der Waals surface area contributed by atoms with E-state index in [1.807, 2.05) is 0 Å². The summed E-state index contributed by atoms with van der Waals surface area (Å²) in [5.41, 5.74) is 0.852. The summed E-state index contributed by atoms with van der Waals surface area (Å²) in [5, 5.41) is 8.61. The second-order valence-corrected chi connectivity index (χ2v) is 4.91. The number of hydrogen-bond acceptors (Lipinski definition) is 3. The van der Waals surface area contributed by atoms with Crippen molar-refractivity contribution in [3.8, 4) is 11.5 Å². The van der Waals surface area contributed by atoms with Crippen LogP contribution in [-0.4, -0.2) is 24.3 Å². The minimum absolute atomic E-state index is 0.00384. The van der Waals surface area contributed by atoms with E-state index in [2.05, 4.69) is 0 Å². The Morgan fingerprint density at radius 2 is 1.54 bits per heavy atom. The summed E-state index contributed by atoms with van der Waals surface area (Å²) in [7, 11) is 0. The monoisotopic (exact) mass is 340 g/mol. The van der Waals surface area contributed by atoms with Crippen molar-refractivity contribution >= 4 is 5.97 Å². The third-order valence-electron chi connectivity index (χ3n) is 3.15. The van der Waals surface area contributed by atoms with Crippen molar-refractivity contribution in [1.29, 1.82) is 0 Å². The lowest BCUT2D eigenvalue weighted by molar-refractivity contribution is -0.136. The van der Waals surface area contributed by atoms with Gasteiger partial charge in [-0.1, -0.05) is 12.1 Å². The highest BCUT2D eigenvalue weighted by Crippen LogP contribution is 2.23. The van der Waals surface area contributed by atoms with Crippen molar-refractivity contribution in [2.24, 2.45) is 0 Å². The highest BCUT2D eigenvalue weighted by Gasteiger charge is 2.15. The molecule has 2 rings (SSSR count). The number of aryl methyl sites for hydroxylation is 1. The van der Waals surface area contributed by atoms with Crippen molar-refractivity contribution in [3.05, 3.63) is 59.4 Å². The van der Waals surface area contributed by atoms with Crippen LogP contribution in [0.2, 0.25) is 0 Å². The van der Waals surface area contributed by atoms with Gasteiger partial charge in [-0.3, -0.25) is 4.79 Å². The Morgan fingerprint density at radius 1 is 0.917 bits per heavy atom. The molecule has 2 aromatic carbocycles. The Labute approximate surface area is 136 Å². The number of halogens is 3. The fraction of sp³-hybridized carbons (Fsp3) is 0.235. The van der Waals surface area contributed by atoms with Crippen LogP contribution < -0.4 is 9.47 Å². The van der Waals surface area contributed by atoms with Gasteiger partial charge in [0.1, 0.15) is 19.0 Å². The summed E-state index contributed by atoms with van der Waals surface area (Å²) in [6.07, 6.45) is 0.454. The van der Waals surface area contributed by atoms with Gasteiger partial charge in [-0.05, 0) is 36.2 Å².